The first kappa shape index (κ1) is 14.7. The first-order valence-corrected chi connectivity index (χ1v) is 6.10. The Morgan fingerprint density at radius 3 is 2.78 bits per heavy atom. The number of carbonyl (C=O) groups excluding carboxylic acids is 1. The van der Waals surface area contributed by atoms with E-state index in [9.17, 15) is 4.79 Å². The lowest BCUT2D eigenvalue weighted by molar-refractivity contribution is -0.120. The van der Waals surface area contributed by atoms with E-state index in [0.29, 0.717) is 19.7 Å². The summed E-state index contributed by atoms with van der Waals surface area (Å²) in [6, 6.07) is 1.91. The van der Waals surface area contributed by atoms with E-state index < -0.39 is 0 Å². The molecule has 1 unspecified atom stereocenters. The standard InChI is InChI=1S/C13H22N2O3/c1-9-7-12(11(3)18-9)10(2)15-13(16)8-14-5-6-17-4/h7,10,14H,5-6,8H2,1-4H3,(H,15,16). The van der Waals surface area contributed by atoms with Crippen molar-refractivity contribution in [3.05, 3.63) is 23.2 Å². The van der Waals surface area contributed by atoms with E-state index in [1.807, 2.05) is 26.8 Å². The van der Waals surface area contributed by atoms with E-state index in [4.69, 9.17) is 9.15 Å². The van der Waals surface area contributed by atoms with Gasteiger partial charge in [-0.2, -0.15) is 0 Å². The number of aryl methyl sites for hydroxylation is 2. The van der Waals surface area contributed by atoms with E-state index in [0.717, 1.165) is 17.1 Å². The first-order valence-electron chi connectivity index (χ1n) is 6.10. The predicted octanol–water partition coefficient (Wildman–Crippen LogP) is 1.31. The van der Waals surface area contributed by atoms with Crippen molar-refractivity contribution in [2.45, 2.75) is 26.8 Å². The average molecular weight is 254 g/mol. The van der Waals surface area contributed by atoms with Gasteiger partial charge in [-0.3, -0.25) is 4.79 Å². The van der Waals surface area contributed by atoms with Crippen LogP contribution in [0.1, 0.15) is 30.0 Å². The third kappa shape index (κ3) is 4.50. The summed E-state index contributed by atoms with van der Waals surface area (Å²) in [5.74, 6) is 1.69. The number of methoxy groups -OCH3 is 1. The maximum Gasteiger partial charge on any atom is 0.234 e. The fraction of sp³-hybridized carbons (Fsp3) is 0.615. The van der Waals surface area contributed by atoms with Crippen molar-refractivity contribution in [1.82, 2.24) is 10.6 Å². The third-order valence-electron chi connectivity index (χ3n) is 2.69. The summed E-state index contributed by atoms with van der Waals surface area (Å²) in [5, 5.41) is 5.93. The van der Waals surface area contributed by atoms with E-state index >= 15 is 0 Å². The minimum absolute atomic E-state index is 0.0307. The molecule has 0 aromatic carbocycles. The highest BCUT2D eigenvalue weighted by Crippen LogP contribution is 2.20. The molecule has 1 atom stereocenters. The highest BCUT2D eigenvalue weighted by Gasteiger charge is 2.14. The molecule has 102 valence electrons. The second-order valence-electron chi connectivity index (χ2n) is 4.33. The quantitative estimate of drug-likeness (QED) is 0.720. The molecule has 18 heavy (non-hydrogen) atoms. The molecule has 1 amide bonds. The van der Waals surface area contributed by atoms with Crippen LogP contribution in [-0.4, -0.2) is 32.7 Å². The van der Waals surface area contributed by atoms with Crippen molar-refractivity contribution in [2.75, 3.05) is 26.8 Å². The minimum atomic E-state index is -0.0424. The van der Waals surface area contributed by atoms with E-state index in [2.05, 4.69) is 10.6 Å². The van der Waals surface area contributed by atoms with Crippen LogP contribution < -0.4 is 10.6 Å². The van der Waals surface area contributed by atoms with Gasteiger partial charge in [0.1, 0.15) is 11.5 Å². The molecule has 0 radical (unpaired) electrons. The van der Waals surface area contributed by atoms with Crippen molar-refractivity contribution in [3.63, 3.8) is 0 Å². The second kappa shape index (κ2) is 7.18. The van der Waals surface area contributed by atoms with Crippen LogP contribution in [-0.2, 0) is 9.53 Å². The van der Waals surface area contributed by atoms with Crippen LogP contribution in [0.25, 0.3) is 0 Å². The molecule has 0 aliphatic rings. The van der Waals surface area contributed by atoms with E-state index in [1.54, 1.807) is 7.11 Å². The van der Waals surface area contributed by atoms with Gasteiger partial charge in [0.25, 0.3) is 0 Å². The number of hydrogen-bond donors (Lipinski definition) is 2. The lowest BCUT2D eigenvalue weighted by Crippen LogP contribution is -2.36. The third-order valence-corrected chi connectivity index (χ3v) is 2.69. The number of hydrogen-bond acceptors (Lipinski definition) is 4. The summed E-state index contributed by atoms with van der Waals surface area (Å²) in [6.07, 6.45) is 0. The second-order valence-corrected chi connectivity index (χ2v) is 4.33. The molecule has 0 fully saturated rings. The van der Waals surface area contributed by atoms with Crippen LogP contribution in [0, 0.1) is 13.8 Å². The maximum absolute atomic E-state index is 11.7. The maximum atomic E-state index is 11.7. The topological polar surface area (TPSA) is 63.5 Å². The molecule has 0 aliphatic carbocycles. The smallest absolute Gasteiger partial charge is 0.234 e. The Morgan fingerprint density at radius 1 is 1.50 bits per heavy atom. The molecule has 0 saturated heterocycles. The molecular weight excluding hydrogens is 232 g/mol. The molecule has 1 rings (SSSR count). The zero-order chi connectivity index (χ0) is 13.5. The Balaban J connectivity index is 2.37. The number of furan rings is 1. The lowest BCUT2D eigenvalue weighted by atomic mass is 10.1. The normalized spacial score (nSPS) is 12.4. The van der Waals surface area contributed by atoms with Crippen LogP contribution >= 0.6 is 0 Å². The molecule has 5 heteroatoms. The monoisotopic (exact) mass is 254 g/mol. The van der Waals surface area contributed by atoms with Gasteiger partial charge < -0.3 is 19.8 Å². The van der Waals surface area contributed by atoms with Crippen molar-refractivity contribution in [1.29, 1.82) is 0 Å². The summed E-state index contributed by atoms with van der Waals surface area (Å²) in [5.41, 5.74) is 1.03. The zero-order valence-electron chi connectivity index (χ0n) is 11.5. The van der Waals surface area contributed by atoms with Crippen molar-refractivity contribution < 1.29 is 13.9 Å². The van der Waals surface area contributed by atoms with Gasteiger partial charge in [0, 0.05) is 19.2 Å². The van der Waals surface area contributed by atoms with Gasteiger partial charge in [-0.05, 0) is 26.8 Å². The molecule has 5 nitrogen and oxygen atoms in total. The van der Waals surface area contributed by atoms with Crippen molar-refractivity contribution >= 4 is 5.91 Å². The van der Waals surface area contributed by atoms with Gasteiger partial charge in [-0.25, -0.2) is 0 Å². The number of carbonyl (C=O) groups is 1. The Morgan fingerprint density at radius 2 is 2.22 bits per heavy atom. The fourth-order valence-corrected chi connectivity index (χ4v) is 1.83. The number of ether oxygens (including phenoxy) is 1. The average Bonchev–Trinajstić information content (AvgIpc) is 2.64. The van der Waals surface area contributed by atoms with Gasteiger partial charge in [0.2, 0.25) is 5.91 Å². The number of amides is 1. The Bertz CT molecular complexity index is 388. The Kier molecular flexibility index (Phi) is 5.88. The number of nitrogens with one attached hydrogen (secondary N) is 2. The summed E-state index contributed by atoms with van der Waals surface area (Å²) < 4.78 is 10.3. The van der Waals surface area contributed by atoms with E-state index in [-0.39, 0.29) is 11.9 Å². The molecular formula is C13H22N2O3. The summed E-state index contributed by atoms with van der Waals surface area (Å²) in [6.45, 7) is 7.32. The summed E-state index contributed by atoms with van der Waals surface area (Å²) >= 11 is 0. The van der Waals surface area contributed by atoms with Crippen LogP contribution in [0.5, 0.6) is 0 Å². The van der Waals surface area contributed by atoms with Gasteiger partial charge in [-0.15, -0.1) is 0 Å². The molecule has 0 spiro atoms. The Hall–Kier alpha value is -1.33. The van der Waals surface area contributed by atoms with E-state index in [1.165, 1.54) is 0 Å². The molecule has 0 saturated carbocycles. The predicted molar refractivity (Wildman–Crippen MR) is 69.5 cm³/mol. The molecule has 1 heterocycles. The van der Waals surface area contributed by atoms with Crippen LogP contribution in [0.15, 0.2) is 10.5 Å². The number of rotatable bonds is 7. The summed E-state index contributed by atoms with van der Waals surface area (Å²) in [7, 11) is 1.63. The highest BCUT2D eigenvalue weighted by atomic mass is 16.5. The molecule has 0 bridgehead atoms. The molecule has 1 aromatic heterocycles. The van der Waals surface area contributed by atoms with Crippen LogP contribution in [0.2, 0.25) is 0 Å². The molecule has 0 aliphatic heterocycles. The SMILES string of the molecule is COCCNCC(=O)NC(C)c1cc(C)oc1C. The molecule has 2 N–H and O–H groups in total. The van der Waals surface area contributed by atoms with Gasteiger partial charge in [0.15, 0.2) is 0 Å². The van der Waals surface area contributed by atoms with Crippen molar-refractivity contribution in [2.24, 2.45) is 0 Å². The van der Waals surface area contributed by atoms with Gasteiger partial charge in [0.05, 0.1) is 19.2 Å². The summed E-state index contributed by atoms with van der Waals surface area (Å²) in [4.78, 5) is 11.7. The fourth-order valence-electron chi connectivity index (χ4n) is 1.83. The molecule has 1 aromatic rings. The largest absolute Gasteiger partial charge is 0.466 e. The minimum Gasteiger partial charge on any atom is -0.466 e. The highest BCUT2D eigenvalue weighted by molar-refractivity contribution is 5.78. The van der Waals surface area contributed by atoms with Gasteiger partial charge >= 0.3 is 0 Å². The first-order chi connectivity index (χ1) is 8.54. The van der Waals surface area contributed by atoms with Gasteiger partial charge in [-0.1, -0.05) is 0 Å². The zero-order valence-corrected chi connectivity index (χ0v) is 11.5. The van der Waals surface area contributed by atoms with Crippen LogP contribution in [0.3, 0.4) is 0 Å². The van der Waals surface area contributed by atoms with Crippen molar-refractivity contribution in [3.8, 4) is 0 Å². The van der Waals surface area contributed by atoms with Crippen LogP contribution in [0.4, 0.5) is 0 Å². The lowest BCUT2D eigenvalue weighted by Gasteiger charge is -2.13. The Labute approximate surface area is 108 Å².